The van der Waals surface area contributed by atoms with E-state index in [4.69, 9.17) is 4.74 Å². The van der Waals surface area contributed by atoms with Crippen LogP contribution < -0.4 is 10.6 Å². The Kier molecular flexibility index (Phi) is 4.43. The minimum Gasteiger partial charge on any atom is -0.384 e. The van der Waals surface area contributed by atoms with Crippen LogP contribution in [0.1, 0.15) is 16.7 Å². The van der Waals surface area contributed by atoms with Crippen LogP contribution in [-0.2, 0) is 24.3 Å². The van der Waals surface area contributed by atoms with E-state index in [1.165, 1.54) is 0 Å². The van der Waals surface area contributed by atoms with Crippen molar-refractivity contribution in [3.8, 4) is 0 Å². The van der Waals surface area contributed by atoms with Gasteiger partial charge in [0.1, 0.15) is 5.69 Å². The Balaban J connectivity index is 1.84. The van der Waals surface area contributed by atoms with Crippen molar-refractivity contribution in [1.82, 2.24) is 0 Å². The lowest BCUT2D eigenvalue weighted by atomic mass is 10.1. The highest BCUT2D eigenvalue weighted by Gasteiger charge is 2.23. The quantitative estimate of drug-likeness (QED) is 0.632. The summed E-state index contributed by atoms with van der Waals surface area (Å²) in [5.74, 6) is 0. The van der Waals surface area contributed by atoms with Gasteiger partial charge in [-0.3, -0.25) is 10.1 Å². The number of nitro groups is 1. The van der Waals surface area contributed by atoms with E-state index in [0.717, 1.165) is 35.3 Å². The van der Waals surface area contributed by atoms with Crippen LogP contribution in [-0.4, -0.2) is 18.6 Å². The molecule has 2 N–H and O–H groups in total. The molecule has 0 bridgehead atoms. The van der Waals surface area contributed by atoms with Crippen molar-refractivity contribution >= 4 is 17.1 Å². The third kappa shape index (κ3) is 3.27. The molecule has 6 nitrogen and oxygen atoms in total. The first kappa shape index (κ1) is 15.3. The van der Waals surface area contributed by atoms with E-state index in [1.54, 1.807) is 19.2 Å². The van der Waals surface area contributed by atoms with Gasteiger partial charge in [-0.1, -0.05) is 24.3 Å². The zero-order chi connectivity index (χ0) is 16.2. The number of anilines is 2. The predicted molar refractivity (Wildman–Crippen MR) is 89.8 cm³/mol. The van der Waals surface area contributed by atoms with E-state index in [9.17, 15) is 10.1 Å². The molecule has 0 saturated carbocycles. The Morgan fingerprint density at radius 1 is 1.30 bits per heavy atom. The largest absolute Gasteiger partial charge is 0.384 e. The average Bonchev–Trinajstić information content (AvgIpc) is 3.02. The van der Waals surface area contributed by atoms with Gasteiger partial charge in [0.2, 0.25) is 0 Å². The number of benzene rings is 2. The van der Waals surface area contributed by atoms with Crippen LogP contribution in [0.2, 0.25) is 0 Å². The Hall–Kier alpha value is -2.60. The first-order valence-electron chi connectivity index (χ1n) is 7.54. The Morgan fingerprint density at radius 3 is 2.91 bits per heavy atom. The standard InChI is InChI=1S/C17H19N3O3/c1-23-11-13-4-2-3-12(9-13)10-19-17-14-7-8-18-15(14)5-6-16(17)20(21)22/h2-6,9,18-19H,7-8,10-11H2,1H3. The van der Waals surface area contributed by atoms with Crippen LogP contribution in [0, 0.1) is 10.1 Å². The molecule has 0 aromatic heterocycles. The molecule has 1 aliphatic rings. The molecule has 0 saturated heterocycles. The van der Waals surface area contributed by atoms with Gasteiger partial charge < -0.3 is 15.4 Å². The van der Waals surface area contributed by atoms with Crippen LogP contribution in [0.4, 0.5) is 17.1 Å². The van der Waals surface area contributed by atoms with Gasteiger partial charge in [0.25, 0.3) is 5.69 Å². The lowest BCUT2D eigenvalue weighted by Crippen LogP contribution is -2.05. The van der Waals surface area contributed by atoms with E-state index >= 15 is 0 Å². The first-order chi connectivity index (χ1) is 11.2. The zero-order valence-electron chi connectivity index (χ0n) is 13.0. The smallest absolute Gasteiger partial charge is 0.292 e. The molecule has 2 aromatic carbocycles. The van der Waals surface area contributed by atoms with Crippen LogP contribution in [0.25, 0.3) is 0 Å². The molecule has 3 rings (SSSR count). The number of nitrogens with zero attached hydrogens (tertiary/aromatic N) is 1. The second-order valence-electron chi connectivity index (χ2n) is 5.53. The molecule has 0 atom stereocenters. The second-order valence-corrected chi connectivity index (χ2v) is 5.53. The van der Waals surface area contributed by atoms with Gasteiger partial charge in [-0.05, 0) is 23.6 Å². The molecule has 0 aliphatic carbocycles. The molecule has 0 amide bonds. The summed E-state index contributed by atoms with van der Waals surface area (Å²) >= 11 is 0. The number of rotatable bonds is 6. The summed E-state index contributed by atoms with van der Waals surface area (Å²) in [7, 11) is 1.66. The number of methoxy groups -OCH3 is 1. The van der Waals surface area contributed by atoms with Crippen molar-refractivity contribution < 1.29 is 9.66 Å². The van der Waals surface area contributed by atoms with E-state index in [1.807, 2.05) is 24.3 Å². The fourth-order valence-corrected chi connectivity index (χ4v) is 2.92. The van der Waals surface area contributed by atoms with Crippen molar-refractivity contribution in [2.45, 2.75) is 19.6 Å². The number of fused-ring (bicyclic) bond motifs is 1. The SMILES string of the molecule is COCc1cccc(CNc2c([N+](=O)[O-])ccc3c2CCN3)c1. The molecule has 0 fully saturated rings. The normalized spacial score (nSPS) is 12.6. The summed E-state index contributed by atoms with van der Waals surface area (Å²) < 4.78 is 5.14. The molecule has 0 unspecified atom stereocenters. The number of ether oxygens (including phenoxy) is 1. The van der Waals surface area contributed by atoms with Gasteiger partial charge in [0, 0.05) is 37.5 Å². The molecule has 2 aromatic rings. The van der Waals surface area contributed by atoms with E-state index in [0.29, 0.717) is 18.8 Å². The van der Waals surface area contributed by atoms with Crippen molar-refractivity contribution in [1.29, 1.82) is 0 Å². The zero-order valence-corrected chi connectivity index (χ0v) is 13.0. The van der Waals surface area contributed by atoms with Crippen LogP contribution >= 0.6 is 0 Å². The van der Waals surface area contributed by atoms with E-state index in [2.05, 4.69) is 10.6 Å². The minimum atomic E-state index is -0.331. The number of nitro benzene ring substituents is 1. The summed E-state index contributed by atoms with van der Waals surface area (Å²) in [4.78, 5) is 11.0. The summed E-state index contributed by atoms with van der Waals surface area (Å²) in [6.07, 6.45) is 0.795. The van der Waals surface area contributed by atoms with Crippen molar-refractivity contribution in [2.75, 3.05) is 24.3 Å². The van der Waals surface area contributed by atoms with Gasteiger partial charge in [-0.25, -0.2) is 0 Å². The van der Waals surface area contributed by atoms with E-state index in [-0.39, 0.29) is 10.6 Å². The summed E-state index contributed by atoms with van der Waals surface area (Å²) in [5.41, 5.74) is 4.87. The highest BCUT2D eigenvalue weighted by Crippen LogP contribution is 2.37. The highest BCUT2D eigenvalue weighted by molar-refractivity contribution is 5.77. The predicted octanol–water partition coefficient (Wildman–Crippen LogP) is 3.32. The Labute approximate surface area is 134 Å². The fourth-order valence-electron chi connectivity index (χ4n) is 2.92. The van der Waals surface area contributed by atoms with Crippen molar-refractivity contribution in [2.24, 2.45) is 0 Å². The van der Waals surface area contributed by atoms with Crippen molar-refractivity contribution in [3.05, 3.63) is 63.2 Å². The van der Waals surface area contributed by atoms with Crippen molar-refractivity contribution in [3.63, 3.8) is 0 Å². The van der Waals surface area contributed by atoms with Gasteiger partial charge in [0.15, 0.2) is 0 Å². The van der Waals surface area contributed by atoms with Crippen LogP contribution in [0.3, 0.4) is 0 Å². The molecule has 0 spiro atoms. The average molecular weight is 313 g/mol. The van der Waals surface area contributed by atoms with Crippen LogP contribution in [0.5, 0.6) is 0 Å². The fraction of sp³-hybridized carbons (Fsp3) is 0.294. The Bertz CT molecular complexity index is 731. The highest BCUT2D eigenvalue weighted by atomic mass is 16.6. The van der Waals surface area contributed by atoms with Crippen LogP contribution in [0.15, 0.2) is 36.4 Å². The number of hydrogen-bond acceptors (Lipinski definition) is 5. The third-order valence-corrected chi connectivity index (χ3v) is 3.95. The topological polar surface area (TPSA) is 76.4 Å². The summed E-state index contributed by atoms with van der Waals surface area (Å²) in [5, 5.41) is 17.8. The molecule has 1 aliphatic heterocycles. The second kappa shape index (κ2) is 6.66. The lowest BCUT2D eigenvalue weighted by molar-refractivity contribution is -0.384. The number of nitrogens with one attached hydrogen (secondary N) is 2. The summed E-state index contributed by atoms with van der Waals surface area (Å²) in [6.45, 7) is 1.90. The van der Waals surface area contributed by atoms with E-state index < -0.39 is 0 Å². The van der Waals surface area contributed by atoms with Gasteiger partial charge >= 0.3 is 0 Å². The molecular weight excluding hydrogens is 294 g/mol. The molecule has 1 heterocycles. The maximum absolute atomic E-state index is 11.3. The molecule has 23 heavy (non-hydrogen) atoms. The van der Waals surface area contributed by atoms with Gasteiger partial charge in [-0.15, -0.1) is 0 Å². The molecular formula is C17H19N3O3. The maximum Gasteiger partial charge on any atom is 0.292 e. The lowest BCUT2D eigenvalue weighted by Gasteiger charge is -2.12. The monoisotopic (exact) mass is 313 g/mol. The summed E-state index contributed by atoms with van der Waals surface area (Å²) in [6, 6.07) is 11.4. The minimum absolute atomic E-state index is 0.125. The van der Waals surface area contributed by atoms with Gasteiger partial charge in [0.05, 0.1) is 11.5 Å². The molecule has 6 heteroatoms. The number of hydrogen-bond donors (Lipinski definition) is 2. The third-order valence-electron chi connectivity index (χ3n) is 3.95. The Morgan fingerprint density at radius 2 is 2.13 bits per heavy atom. The maximum atomic E-state index is 11.3. The molecule has 0 radical (unpaired) electrons. The van der Waals surface area contributed by atoms with Gasteiger partial charge in [-0.2, -0.15) is 0 Å². The first-order valence-corrected chi connectivity index (χ1v) is 7.54. The molecule has 120 valence electrons.